The highest BCUT2D eigenvalue weighted by Crippen LogP contribution is 2.39. The first kappa shape index (κ1) is 12.7. The van der Waals surface area contributed by atoms with Gasteiger partial charge in [0.15, 0.2) is 0 Å². The molecule has 0 aromatic heterocycles. The quantitative estimate of drug-likeness (QED) is 0.823. The molecule has 0 aliphatic heterocycles. The molecule has 1 aromatic rings. The molecule has 0 atom stereocenters. The van der Waals surface area contributed by atoms with Gasteiger partial charge < -0.3 is 10.1 Å². The van der Waals surface area contributed by atoms with E-state index in [4.69, 9.17) is 21.6 Å². The molecule has 86 valence electrons. The van der Waals surface area contributed by atoms with Crippen LogP contribution in [0, 0.1) is 32.1 Å². The van der Waals surface area contributed by atoms with Crippen molar-refractivity contribution >= 4 is 17.3 Å². The van der Waals surface area contributed by atoms with Crippen molar-refractivity contribution in [2.45, 2.75) is 20.8 Å². The number of rotatable bonds is 3. The van der Waals surface area contributed by atoms with Gasteiger partial charge in [0.25, 0.3) is 0 Å². The Morgan fingerprint density at radius 2 is 1.88 bits per heavy atom. The minimum absolute atomic E-state index is 0.232. The molecule has 0 bridgehead atoms. The molecule has 1 N–H and O–H groups in total. The number of anilines is 1. The van der Waals surface area contributed by atoms with Crippen molar-refractivity contribution in [1.29, 1.82) is 5.26 Å². The Morgan fingerprint density at radius 1 is 1.25 bits per heavy atom. The van der Waals surface area contributed by atoms with Crippen LogP contribution in [0.2, 0.25) is 5.02 Å². The Bertz CT molecular complexity index is 450. The lowest BCUT2D eigenvalue weighted by molar-refractivity contribution is 0.413. The van der Waals surface area contributed by atoms with E-state index in [9.17, 15) is 0 Å². The molecule has 0 aliphatic carbocycles. The fourth-order valence-electron chi connectivity index (χ4n) is 1.68. The fourth-order valence-corrected chi connectivity index (χ4v) is 1.92. The number of methoxy groups -OCH3 is 1. The number of halogens is 1. The predicted octanol–water partition coefficient (Wildman–Crippen LogP) is 3.21. The highest BCUT2D eigenvalue weighted by Gasteiger charge is 2.16. The summed E-state index contributed by atoms with van der Waals surface area (Å²) >= 11 is 6.22. The predicted molar refractivity (Wildman–Crippen MR) is 66.3 cm³/mol. The average molecular weight is 239 g/mol. The van der Waals surface area contributed by atoms with Gasteiger partial charge in [-0.3, -0.25) is 0 Å². The summed E-state index contributed by atoms with van der Waals surface area (Å²) in [5.74, 6) is 0.759. The molecule has 0 aliphatic rings. The molecule has 0 amide bonds. The molecule has 0 heterocycles. The molecule has 0 unspecified atom stereocenters. The number of hydrogen-bond donors (Lipinski definition) is 1. The molecule has 3 nitrogen and oxygen atoms in total. The van der Waals surface area contributed by atoms with Crippen LogP contribution >= 0.6 is 11.6 Å². The first-order valence-corrected chi connectivity index (χ1v) is 5.36. The molecular weight excluding hydrogens is 224 g/mol. The minimum Gasteiger partial charge on any atom is -0.494 e. The lowest BCUT2D eigenvalue weighted by Gasteiger charge is -2.18. The number of ether oxygens (including phenoxy) is 1. The third-order valence-corrected chi connectivity index (χ3v) is 3.28. The van der Waals surface area contributed by atoms with E-state index in [-0.39, 0.29) is 6.54 Å². The molecule has 0 fully saturated rings. The Kier molecular flexibility index (Phi) is 4.03. The van der Waals surface area contributed by atoms with Gasteiger partial charge in [-0.15, -0.1) is 0 Å². The van der Waals surface area contributed by atoms with Crippen molar-refractivity contribution < 1.29 is 4.74 Å². The second-order valence-electron chi connectivity index (χ2n) is 3.61. The lowest BCUT2D eigenvalue weighted by atomic mass is 10.0. The van der Waals surface area contributed by atoms with Gasteiger partial charge in [0, 0.05) is 5.02 Å². The zero-order valence-electron chi connectivity index (χ0n) is 9.94. The van der Waals surface area contributed by atoms with Crippen molar-refractivity contribution in [3.63, 3.8) is 0 Å². The van der Waals surface area contributed by atoms with Crippen molar-refractivity contribution in [3.8, 4) is 11.8 Å². The first-order chi connectivity index (χ1) is 7.54. The maximum Gasteiger partial charge on any atom is 0.145 e. The fraction of sp³-hybridized carbons (Fsp3) is 0.417. The Balaban J connectivity index is 3.40. The second kappa shape index (κ2) is 5.09. The van der Waals surface area contributed by atoms with E-state index >= 15 is 0 Å². The number of nitriles is 1. The molecule has 0 saturated heterocycles. The van der Waals surface area contributed by atoms with Crippen LogP contribution in [0.15, 0.2) is 0 Å². The van der Waals surface area contributed by atoms with Crippen LogP contribution in [0.3, 0.4) is 0 Å². The van der Waals surface area contributed by atoms with Crippen LogP contribution in [0.1, 0.15) is 16.7 Å². The summed E-state index contributed by atoms with van der Waals surface area (Å²) in [4.78, 5) is 0. The Morgan fingerprint density at radius 3 is 2.38 bits per heavy atom. The van der Waals surface area contributed by atoms with Crippen LogP contribution in [-0.2, 0) is 0 Å². The van der Waals surface area contributed by atoms with E-state index in [0.29, 0.717) is 0 Å². The summed E-state index contributed by atoms with van der Waals surface area (Å²) in [7, 11) is 1.62. The molecular formula is C12H15ClN2O. The van der Waals surface area contributed by atoms with Gasteiger partial charge in [0.2, 0.25) is 0 Å². The summed E-state index contributed by atoms with van der Waals surface area (Å²) in [6, 6.07) is 2.04. The van der Waals surface area contributed by atoms with Crippen LogP contribution in [0.25, 0.3) is 0 Å². The minimum atomic E-state index is 0.232. The third kappa shape index (κ3) is 2.07. The summed E-state index contributed by atoms with van der Waals surface area (Å²) in [5.41, 5.74) is 3.73. The second-order valence-corrected chi connectivity index (χ2v) is 3.99. The van der Waals surface area contributed by atoms with E-state index in [1.54, 1.807) is 7.11 Å². The largest absolute Gasteiger partial charge is 0.494 e. The van der Waals surface area contributed by atoms with Crippen molar-refractivity contribution in [3.05, 3.63) is 21.7 Å². The SMILES string of the molecule is COc1c(C)c(C)c(Cl)c(C)c1NCC#N. The van der Waals surface area contributed by atoms with Gasteiger partial charge in [-0.1, -0.05) is 11.6 Å². The zero-order valence-corrected chi connectivity index (χ0v) is 10.7. The molecule has 0 spiro atoms. The molecule has 1 rings (SSSR count). The van der Waals surface area contributed by atoms with Gasteiger partial charge in [-0.2, -0.15) is 5.26 Å². The van der Waals surface area contributed by atoms with Crippen LogP contribution in [0.5, 0.6) is 5.75 Å². The van der Waals surface area contributed by atoms with Gasteiger partial charge in [0.05, 0.1) is 18.9 Å². The smallest absolute Gasteiger partial charge is 0.145 e. The summed E-state index contributed by atoms with van der Waals surface area (Å²) in [6.07, 6.45) is 0. The third-order valence-electron chi connectivity index (χ3n) is 2.71. The van der Waals surface area contributed by atoms with Crippen molar-refractivity contribution in [2.75, 3.05) is 19.0 Å². The van der Waals surface area contributed by atoms with E-state index in [2.05, 4.69) is 5.32 Å². The number of hydrogen-bond acceptors (Lipinski definition) is 3. The van der Waals surface area contributed by atoms with E-state index in [1.807, 2.05) is 26.8 Å². The topological polar surface area (TPSA) is 45.0 Å². The van der Waals surface area contributed by atoms with Gasteiger partial charge in [-0.05, 0) is 37.5 Å². The number of nitrogens with zero attached hydrogens (tertiary/aromatic N) is 1. The standard InChI is InChI=1S/C12H15ClN2O/c1-7-8(2)12(16-4)11(15-6-5-14)9(3)10(7)13/h15H,6H2,1-4H3. The average Bonchev–Trinajstić information content (AvgIpc) is 2.29. The monoisotopic (exact) mass is 238 g/mol. The number of nitrogens with one attached hydrogen (secondary N) is 1. The first-order valence-electron chi connectivity index (χ1n) is 4.98. The molecule has 0 radical (unpaired) electrons. The Hall–Kier alpha value is -1.40. The lowest BCUT2D eigenvalue weighted by Crippen LogP contribution is -2.06. The van der Waals surface area contributed by atoms with Gasteiger partial charge in [0.1, 0.15) is 12.3 Å². The van der Waals surface area contributed by atoms with Crippen molar-refractivity contribution in [1.82, 2.24) is 0 Å². The molecule has 4 heteroatoms. The summed E-state index contributed by atoms with van der Waals surface area (Å²) in [6.45, 7) is 6.06. The molecule has 0 saturated carbocycles. The van der Waals surface area contributed by atoms with Gasteiger partial charge >= 0.3 is 0 Å². The number of benzene rings is 1. The molecule has 1 aromatic carbocycles. The highest BCUT2D eigenvalue weighted by molar-refractivity contribution is 6.32. The van der Waals surface area contributed by atoms with E-state index in [1.165, 1.54) is 0 Å². The van der Waals surface area contributed by atoms with E-state index < -0.39 is 0 Å². The molecule has 16 heavy (non-hydrogen) atoms. The normalized spacial score (nSPS) is 9.75. The van der Waals surface area contributed by atoms with E-state index in [0.717, 1.165) is 33.1 Å². The maximum atomic E-state index is 8.59. The van der Waals surface area contributed by atoms with Crippen molar-refractivity contribution in [2.24, 2.45) is 0 Å². The van der Waals surface area contributed by atoms with Crippen LogP contribution < -0.4 is 10.1 Å². The summed E-state index contributed by atoms with van der Waals surface area (Å²) in [5, 5.41) is 12.3. The zero-order chi connectivity index (χ0) is 12.3. The summed E-state index contributed by atoms with van der Waals surface area (Å²) < 4.78 is 5.36. The maximum absolute atomic E-state index is 8.59. The Labute approximate surface area is 101 Å². The van der Waals surface area contributed by atoms with Crippen LogP contribution in [-0.4, -0.2) is 13.7 Å². The van der Waals surface area contributed by atoms with Gasteiger partial charge in [-0.25, -0.2) is 0 Å². The van der Waals surface area contributed by atoms with Crippen LogP contribution in [0.4, 0.5) is 5.69 Å². The highest BCUT2D eigenvalue weighted by atomic mass is 35.5.